The molecule has 0 heterocycles. The third-order valence-electron chi connectivity index (χ3n) is 2.51. The highest BCUT2D eigenvalue weighted by molar-refractivity contribution is 7.85. The lowest BCUT2D eigenvalue weighted by Gasteiger charge is -1.98. The van der Waals surface area contributed by atoms with Crippen LogP contribution in [-0.2, 0) is 10.1 Å². The lowest BCUT2D eigenvalue weighted by atomic mass is 10.2. The molecule has 7 nitrogen and oxygen atoms in total. The predicted octanol–water partition coefficient (Wildman–Crippen LogP) is 3.05. The Bertz CT molecular complexity index is 798. The fraction of sp³-hybridized carbons (Fsp3) is 0. The third-order valence-corrected chi connectivity index (χ3v) is 3.38. The van der Waals surface area contributed by atoms with E-state index in [0.29, 0.717) is 11.4 Å². The number of hydrogen-bond donors (Lipinski definition) is 2. The first-order valence-electron chi connectivity index (χ1n) is 5.69. The van der Waals surface area contributed by atoms with Crippen LogP contribution in [0.15, 0.2) is 63.7 Å². The number of aromatic carboxylic acids is 1. The van der Waals surface area contributed by atoms with Gasteiger partial charge in [0.15, 0.2) is 0 Å². The van der Waals surface area contributed by atoms with Crippen LogP contribution in [0, 0.1) is 0 Å². The molecule has 0 radical (unpaired) electrons. The van der Waals surface area contributed by atoms with E-state index >= 15 is 0 Å². The van der Waals surface area contributed by atoms with Gasteiger partial charge >= 0.3 is 5.97 Å². The van der Waals surface area contributed by atoms with E-state index in [4.69, 9.17) is 9.66 Å². The zero-order chi connectivity index (χ0) is 15.5. The molecule has 2 aromatic carbocycles. The van der Waals surface area contributed by atoms with Gasteiger partial charge in [-0.05, 0) is 42.5 Å². The summed E-state index contributed by atoms with van der Waals surface area (Å²) in [5, 5.41) is 16.6. The SMILES string of the molecule is O=C(O)c1cccc(N=Nc2ccc(S(=O)(=O)O)cc2)c1. The number of carboxylic acid groups (broad SMARTS) is 1. The highest BCUT2D eigenvalue weighted by Crippen LogP contribution is 2.20. The van der Waals surface area contributed by atoms with Crippen molar-refractivity contribution in [3.05, 3.63) is 54.1 Å². The van der Waals surface area contributed by atoms with Crippen molar-refractivity contribution in [3.63, 3.8) is 0 Å². The van der Waals surface area contributed by atoms with Crippen LogP contribution < -0.4 is 0 Å². The molecule has 2 aromatic rings. The summed E-state index contributed by atoms with van der Waals surface area (Å²) < 4.78 is 30.6. The largest absolute Gasteiger partial charge is 0.478 e. The van der Waals surface area contributed by atoms with Crippen LogP contribution in [0.25, 0.3) is 0 Å². The summed E-state index contributed by atoms with van der Waals surface area (Å²) in [4.78, 5) is 10.6. The van der Waals surface area contributed by atoms with Crippen molar-refractivity contribution in [3.8, 4) is 0 Å². The number of azo groups is 1. The maximum atomic E-state index is 10.9. The molecule has 0 aromatic heterocycles. The van der Waals surface area contributed by atoms with Gasteiger partial charge in [-0.1, -0.05) is 6.07 Å². The number of hydrogen-bond acceptors (Lipinski definition) is 5. The summed E-state index contributed by atoms with van der Waals surface area (Å²) >= 11 is 0. The average Bonchev–Trinajstić information content (AvgIpc) is 2.45. The standard InChI is InChI=1S/C13H10N2O5S/c16-13(17)9-2-1-3-11(8-9)15-14-10-4-6-12(7-5-10)21(18,19)20/h1-8H,(H,16,17)(H,18,19,20). The molecule has 8 heteroatoms. The minimum absolute atomic E-state index is 0.0909. The quantitative estimate of drug-likeness (QED) is 0.665. The van der Waals surface area contributed by atoms with Gasteiger partial charge in [-0.15, -0.1) is 0 Å². The Hall–Kier alpha value is -2.58. The van der Waals surface area contributed by atoms with Crippen molar-refractivity contribution in [2.24, 2.45) is 10.2 Å². The number of carboxylic acids is 1. The highest BCUT2D eigenvalue weighted by Gasteiger charge is 2.08. The van der Waals surface area contributed by atoms with Crippen LogP contribution in [0.4, 0.5) is 11.4 Å². The van der Waals surface area contributed by atoms with E-state index in [1.54, 1.807) is 12.1 Å². The first-order valence-corrected chi connectivity index (χ1v) is 7.13. The second kappa shape index (κ2) is 5.81. The third kappa shape index (κ3) is 3.94. The van der Waals surface area contributed by atoms with Gasteiger partial charge in [-0.25, -0.2) is 4.79 Å². The maximum Gasteiger partial charge on any atom is 0.335 e. The minimum Gasteiger partial charge on any atom is -0.478 e. The zero-order valence-corrected chi connectivity index (χ0v) is 11.4. The van der Waals surface area contributed by atoms with Crippen molar-refractivity contribution in [2.75, 3.05) is 0 Å². The summed E-state index contributed by atoms with van der Waals surface area (Å²) in [6, 6.07) is 11.0. The summed E-state index contributed by atoms with van der Waals surface area (Å²) in [7, 11) is -4.24. The molecule has 2 rings (SSSR count). The number of benzene rings is 2. The molecule has 0 unspecified atom stereocenters. The fourth-order valence-corrected chi connectivity index (χ4v) is 1.98. The molecule has 0 fully saturated rings. The second-order valence-electron chi connectivity index (χ2n) is 4.02. The van der Waals surface area contributed by atoms with Crippen LogP contribution >= 0.6 is 0 Å². The van der Waals surface area contributed by atoms with Gasteiger partial charge in [0, 0.05) is 0 Å². The molecule has 108 valence electrons. The number of rotatable bonds is 4. The molecular formula is C13H10N2O5S. The van der Waals surface area contributed by atoms with E-state index < -0.39 is 16.1 Å². The maximum absolute atomic E-state index is 10.9. The molecule has 0 atom stereocenters. The molecule has 0 bridgehead atoms. The van der Waals surface area contributed by atoms with Crippen LogP contribution in [0.1, 0.15) is 10.4 Å². The van der Waals surface area contributed by atoms with Gasteiger partial charge in [-0.2, -0.15) is 18.6 Å². The Labute approximate surface area is 120 Å². The Morgan fingerprint density at radius 3 is 2.14 bits per heavy atom. The summed E-state index contributed by atoms with van der Waals surface area (Å²) in [6.45, 7) is 0. The van der Waals surface area contributed by atoms with Crippen LogP contribution in [0.2, 0.25) is 0 Å². The van der Waals surface area contributed by atoms with E-state index in [9.17, 15) is 13.2 Å². The molecule has 0 aliphatic carbocycles. The Morgan fingerprint density at radius 2 is 1.57 bits per heavy atom. The van der Waals surface area contributed by atoms with Gasteiger partial charge in [0.1, 0.15) is 0 Å². The van der Waals surface area contributed by atoms with E-state index in [1.807, 2.05) is 0 Å². The van der Waals surface area contributed by atoms with Crippen molar-refractivity contribution < 1.29 is 22.9 Å². The van der Waals surface area contributed by atoms with Gasteiger partial charge in [-0.3, -0.25) is 4.55 Å². The minimum atomic E-state index is -4.24. The molecule has 0 aliphatic heterocycles. The van der Waals surface area contributed by atoms with Gasteiger partial charge < -0.3 is 5.11 Å². The van der Waals surface area contributed by atoms with Crippen LogP contribution in [-0.4, -0.2) is 24.0 Å². The van der Waals surface area contributed by atoms with E-state index in [2.05, 4.69) is 10.2 Å². The van der Waals surface area contributed by atoms with Crippen molar-refractivity contribution >= 4 is 27.5 Å². The molecule has 0 saturated carbocycles. The predicted molar refractivity (Wildman–Crippen MR) is 73.8 cm³/mol. The fourth-order valence-electron chi connectivity index (χ4n) is 1.50. The van der Waals surface area contributed by atoms with Crippen molar-refractivity contribution in [1.29, 1.82) is 0 Å². The normalized spacial score (nSPS) is 11.7. The first kappa shape index (κ1) is 14.8. The zero-order valence-electron chi connectivity index (χ0n) is 10.5. The Balaban J connectivity index is 2.22. The summed E-state index contributed by atoms with van der Waals surface area (Å²) in [5.74, 6) is -1.07. The second-order valence-corrected chi connectivity index (χ2v) is 5.45. The van der Waals surface area contributed by atoms with Crippen LogP contribution in [0.3, 0.4) is 0 Å². The van der Waals surface area contributed by atoms with E-state index in [1.165, 1.54) is 36.4 Å². The van der Waals surface area contributed by atoms with Gasteiger partial charge in [0.25, 0.3) is 10.1 Å². The number of carbonyl (C=O) groups is 1. The van der Waals surface area contributed by atoms with Gasteiger partial charge in [0.2, 0.25) is 0 Å². The van der Waals surface area contributed by atoms with Crippen molar-refractivity contribution in [2.45, 2.75) is 4.90 Å². The molecule has 0 aliphatic rings. The monoisotopic (exact) mass is 306 g/mol. The smallest absolute Gasteiger partial charge is 0.335 e. The number of nitrogens with zero attached hydrogens (tertiary/aromatic N) is 2. The average molecular weight is 306 g/mol. The molecule has 0 spiro atoms. The molecule has 2 N–H and O–H groups in total. The Kier molecular flexibility index (Phi) is 4.10. The Morgan fingerprint density at radius 1 is 0.952 bits per heavy atom. The summed E-state index contributed by atoms with van der Waals surface area (Å²) in [6.07, 6.45) is 0. The lowest BCUT2D eigenvalue weighted by molar-refractivity contribution is 0.0697. The van der Waals surface area contributed by atoms with Crippen LogP contribution in [0.5, 0.6) is 0 Å². The summed E-state index contributed by atoms with van der Waals surface area (Å²) in [5.41, 5.74) is 0.810. The van der Waals surface area contributed by atoms with Crippen molar-refractivity contribution in [1.82, 2.24) is 0 Å². The first-order chi connectivity index (χ1) is 9.86. The van der Waals surface area contributed by atoms with E-state index in [0.717, 1.165) is 0 Å². The van der Waals surface area contributed by atoms with Gasteiger partial charge in [0.05, 0.1) is 21.8 Å². The molecule has 0 amide bonds. The lowest BCUT2D eigenvalue weighted by Crippen LogP contribution is -1.96. The molecule has 21 heavy (non-hydrogen) atoms. The van der Waals surface area contributed by atoms with E-state index in [-0.39, 0.29) is 10.5 Å². The highest BCUT2D eigenvalue weighted by atomic mass is 32.2. The molecule has 0 saturated heterocycles. The topological polar surface area (TPSA) is 116 Å². The molecular weight excluding hydrogens is 296 g/mol.